The minimum Gasteiger partial charge on any atom is -0.494 e. The fourth-order valence-electron chi connectivity index (χ4n) is 6.48. The Morgan fingerprint density at radius 1 is 0.848 bits per heavy atom. The molecule has 22 nitrogen and oxygen atoms in total. The van der Waals surface area contributed by atoms with Gasteiger partial charge in [0.25, 0.3) is 0 Å². The second-order valence-electron chi connectivity index (χ2n) is 15.9. The number of hydrogen-bond acceptors (Lipinski definition) is 17. The van der Waals surface area contributed by atoms with Gasteiger partial charge in [-0.05, 0) is 68.6 Å². The fourth-order valence-corrected chi connectivity index (χ4v) is 7.23. The maximum Gasteiger partial charge on any atom is 0.472 e. The molecule has 1 aromatic carbocycles. The number of benzene rings is 1. The third kappa shape index (κ3) is 24.4. The molecule has 7 N–H and O–H groups in total. The minimum absolute atomic E-state index is 0.0326. The molecule has 0 fully saturated rings. The highest BCUT2D eigenvalue weighted by Crippen LogP contribution is 2.43. The van der Waals surface area contributed by atoms with Gasteiger partial charge in [-0.25, -0.2) is 9.36 Å². The Kier molecular flexibility index (Phi) is 27.4. The highest BCUT2D eigenvalue weighted by atomic mass is 31.2. The maximum atomic E-state index is 13.8. The summed E-state index contributed by atoms with van der Waals surface area (Å²) in [6, 6.07) is 6.13. The summed E-state index contributed by atoms with van der Waals surface area (Å²) in [5.74, 6) is 0.518. The summed E-state index contributed by atoms with van der Waals surface area (Å²) >= 11 is 0. The standard InChI is InChI=1S/C43H68N5O17P/c1-5-9-39(52)61-27-32(64-40(53)10-6-2)28-63-66(57,58)62-24-21-46-38(51)18-23-60-43(56)47-20-8-19-45-37(50)17-16-36(49)35-26-30-12-14-31(15-13-30)59-22-7-11-33(42(55)65-44)34(25-29(3)4)41(54)48-35/h12-15,29,32-35H,5-11,16-28,44H2,1-4H3,(H,45,50)(H,46,51)(H,47,56)(H,48,54)(H,57,58)/t32-,33+,34-,35+/m1/s1. The average Bonchev–Trinajstić information content (AvgIpc) is 3.27. The molecule has 2 heterocycles. The summed E-state index contributed by atoms with van der Waals surface area (Å²) in [7, 11) is -4.65. The second-order valence-corrected chi connectivity index (χ2v) is 17.4. The van der Waals surface area contributed by atoms with Crippen molar-refractivity contribution in [1.82, 2.24) is 21.3 Å². The van der Waals surface area contributed by atoms with Gasteiger partial charge in [0.05, 0.1) is 44.1 Å². The third-order valence-electron chi connectivity index (χ3n) is 9.81. The van der Waals surface area contributed by atoms with E-state index in [1.165, 1.54) is 0 Å². The van der Waals surface area contributed by atoms with Crippen LogP contribution in [0.5, 0.6) is 5.75 Å². The van der Waals surface area contributed by atoms with Gasteiger partial charge < -0.3 is 49.9 Å². The number of ketones is 1. The Labute approximate surface area is 385 Å². The quantitative estimate of drug-likeness (QED) is 0.0231. The van der Waals surface area contributed by atoms with Crippen LogP contribution >= 0.6 is 7.82 Å². The van der Waals surface area contributed by atoms with Gasteiger partial charge in [0.15, 0.2) is 11.9 Å². The molecular weight excluding hydrogens is 889 g/mol. The third-order valence-corrected chi connectivity index (χ3v) is 10.8. The first kappa shape index (κ1) is 57.0. The van der Waals surface area contributed by atoms with Gasteiger partial charge in [0.2, 0.25) is 17.7 Å². The van der Waals surface area contributed by atoms with Crippen LogP contribution in [0.15, 0.2) is 24.3 Å². The number of Topliss-reactive ketones (excluding diaryl/α,β-unsaturated/α-hetero) is 1. The molecule has 1 aromatic rings. The van der Waals surface area contributed by atoms with E-state index in [1.807, 2.05) is 13.8 Å². The van der Waals surface area contributed by atoms with Crippen LogP contribution in [0.4, 0.5) is 4.79 Å². The molecule has 2 aliphatic rings. The van der Waals surface area contributed by atoms with Crippen molar-refractivity contribution in [2.75, 3.05) is 52.7 Å². The largest absolute Gasteiger partial charge is 0.494 e. The summed E-state index contributed by atoms with van der Waals surface area (Å²) in [6.07, 6.45) is 0.257. The first-order valence-corrected chi connectivity index (χ1v) is 23.8. The molecule has 5 atom stereocenters. The molecule has 23 heteroatoms. The van der Waals surface area contributed by atoms with Crippen molar-refractivity contribution in [2.45, 2.75) is 117 Å². The van der Waals surface area contributed by atoms with E-state index in [0.29, 0.717) is 44.5 Å². The smallest absolute Gasteiger partial charge is 0.472 e. The van der Waals surface area contributed by atoms with Crippen molar-refractivity contribution >= 4 is 55.3 Å². The van der Waals surface area contributed by atoms with Crippen LogP contribution in [0.3, 0.4) is 0 Å². The fraction of sp³-hybridized carbons (Fsp3) is 0.674. The second kappa shape index (κ2) is 31.7. The van der Waals surface area contributed by atoms with Crippen molar-refractivity contribution in [3.8, 4) is 5.75 Å². The summed E-state index contributed by atoms with van der Waals surface area (Å²) in [5.41, 5.74) is 0.753. The molecule has 66 heavy (non-hydrogen) atoms. The van der Waals surface area contributed by atoms with E-state index in [2.05, 4.69) is 26.1 Å². The Balaban J connectivity index is 1.71. The van der Waals surface area contributed by atoms with E-state index in [-0.39, 0.29) is 89.5 Å². The van der Waals surface area contributed by atoms with Gasteiger partial charge in [-0.3, -0.25) is 42.6 Å². The monoisotopic (exact) mass is 957 g/mol. The van der Waals surface area contributed by atoms with E-state index in [4.69, 9.17) is 33.9 Å². The van der Waals surface area contributed by atoms with Crippen LogP contribution in [-0.2, 0) is 72.6 Å². The molecule has 0 saturated heterocycles. The van der Waals surface area contributed by atoms with Gasteiger partial charge >= 0.3 is 31.8 Å². The highest BCUT2D eigenvalue weighted by Gasteiger charge is 2.37. The molecule has 2 aliphatic heterocycles. The minimum atomic E-state index is -4.65. The number of amides is 4. The van der Waals surface area contributed by atoms with Crippen LogP contribution in [-0.4, -0.2) is 117 Å². The summed E-state index contributed by atoms with van der Waals surface area (Å²) in [4.78, 5) is 115. The van der Waals surface area contributed by atoms with E-state index in [9.17, 15) is 47.8 Å². The van der Waals surface area contributed by atoms with Gasteiger partial charge in [0.1, 0.15) is 19.0 Å². The first-order chi connectivity index (χ1) is 31.5. The van der Waals surface area contributed by atoms with Gasteiger partial charge in [-0.2, -0.15) is 5.90 Å². The first-order valence-electron chi connectivity index (χ1n) is 22.3. The molecule has 0 radical (unpaired) electrons. The van der Waals surface area contributed by atoms with E-state index < -0.39 is 86.7 Å². The Morgan fingerprint density at radius 3 is 2.20 bits per heavy atom. The van der Waals surface area contributed by atoms with Gasteiger partial charge in [-0.1, -0.05) is 39.8 Å². The molecule has 0 spiro atoms. The van der Waals surface area contributed by atoms with Crippen LogP contribution in [0.25, 0.3) is 0 Å². The lowest BCUT2D eigenvalue weighted by Gasteiger charge is -2.28. The zero-order valence-electron chi connectivity index (χ0n) is 38.3. The van der Waals surface area contributed by atoms with Crippen molar-refractivity contribution < 1.29 is 80.6 Å². The lowest BCUT2D eigenvalue weighted by Crippen LogP contribution is -2.48. The molecule has 0 aliphatic carbocycles. The SMILES string of the molecule is CCCC(=O)OC[C@H](COP(=O)(O)OCCNC(=O)CCOC(=O)NCCCNC(=O)CCC(=O)[C@@H]1Cc2ccc(cc2)OCCC[C@H](C(=O)ON)[C@@H](CC(C)C)C(=O)N1)OC(=O)CCC. The maximum absolute atomic E-state index is 13.8. The zero-order valence-corrected chi connectivity index (χ0v) is 39.2. The van der Waals surface area contributed by atoms with Crippen molar-refractivity contribution in [3.63, 3.8) is 0 Å². The van der Waals surface area contributed by atoms with E-state index >= 15 is 0 Å². The van der Waals surface area contributed by atoms with Gasteiger partial charge in [0, 0.05) is 45.3 Å². The predicted octanol–water partition coefficient (Wildman–Crippen LogP) is 2.86. The van der Waals surface area contributed by atoms with Crippen molar-refractivity contribution in [3.05, 3.63) is 29.8 Å². The molecule has 3 rings (SSSR count). The molecule has 4 amide bonds. The topological polar surface area (TPSA) is 313 Å². The van der Waals surface area contributed by atoms with E-state index in [0.717, 1.165) is 5.56 Å². The normalized spacial score (nSPS) is 17.7. The number of nitrogens with two attached hydrogens (primary N) is 1. The molecule has 2 bridgehead atoms. The number of carbonyl (C=O) groups excluding carboxylic acids is 8. The highest BCUT2D eigenvalue weighted by molar-refractivity contribution is 7.47. The van der Waals surface area contributed by atoms with Crippen LogP contribution < -0.4 is 31.9 Å². The number of fused-ring (bicyclic) bond motifs is 11. The van der Waals surface area contributed by atoms with Crippen LogP contribution in [0, 0.1) is 17.8 Å². The van der Waals surface area contributed by atoms with Crippen molar-refractivity contribution in [1.29, 1.82) is 0 Å². The number of rotatable bonds is 28. The predicted molar refractivity (Wildman–Crippen MR) is 235 cm³/mol. The number of phosphoric ester groups is 1. The van der Waals surface area contributed by atoms with Crippen LogP contribution in [0.1, 0.15) is 104 Å². The number of alkyl carbamates (subject to hydrolysis) is 1. The van der Waals surface area contributed by atoms with Gasteiger partial charge in [-0.15, -0.1) is 0 Å². The molecule has 0 saturated carbocycles. The van der Waals surface area contributed by atoms with Crippen LogP contribution in [0.2, 0.25) is 0 Å². The lowest BCUT2D eigenvalue weighted by atomic mass is 9.81. The summed E-state index contributed by atoms with van der Waals surface area (Å²) in [5, 5.41) is 10.4. The Bertz CT molecular complexity index is 1770. The number of phosphoric acid groups is 1. The summed E-state index contributed by atoms with van der Waals surface area (Å²) < 4.78 is 43.0. The number of hydrogen-bond donors (Lipinski definition) is 6. The average molecular weight is 958 g/mol. The number of carbonyl (C=O) groups is 8. The molecular formula is C43H68N5O17P. The number of nitrogens with one attached hydrogen (secondary N) is 4. The zero-order chi connectivity index (χ0) is 48.9. The molecule has 0 aromatic heterocycles. The number of esters is 2. The van der Waals surface area contributed by atoms with E-state index in [1.54, 1.807) is 38.1 Å². The number of ether oxygens (including phenoxy) is 4. The lowest BCUT2D eigenvalue weighted by molar-refractivity contribution is -0.161. The molecule has 372 valence electrons. The Hall–Kier alpha value is -5.15. The summed E-state index contributed by atoms with van der Waals surface area (Å²) in [6.45, 7) is 6.07. The molecule has 1 unspecified atom stereocenters. The Morgan fingerprint density at radius 2 is 1.52 bits per heavy atom. The van der Waals surface area contributed by atoms with Crippen molar-refractivity contribution in [2.24, 2.45) is 23.7 Å².